The molecule has 1 aliphatic heterocycles. The van der Waals surface area contributed by atoms with Gasteiger partial charge in [-0.1, -0.05) is 0 Å². The molecule has 0 bridgehead atoms. The van der Waals surface area contributed by atoms with Crippen LogP contribution < -0.4 is 11.1 Å². The number of nitrogens with zero attached hydrogens (tertiary/aromatic N) is 2. The van der Waals surface area contributed by atoms with E-state index in [2.05, 4.69) is 15.2 Å². The van der Waals surface area contributed by atoms with Crippen LogP contribution in [0.4, 0.5) is 0 Å². The Balaban J connectivity index is 1.95. The van der Waals surface area contributed by atoms with Crippen LogP contribution in [0.2, 0.25) is 0 Å². The highest BCUT2D eigenvalue weighted by Gasteiger charge is 2.08. The van der Waals surface area contributed by atoms with E-state index in [9.17, 15) is 0 Å². The molecule has 0 aliphatic carbocycles. The monoisotopic (exact) mass is 258 g/mol. The Kier molecular flexibility index (Phi) is 8.54. The molecule has 18 heavy (non-hydrogen) atoms. The Morgan fingerprint density at radius 1 is 1.39 bits per heavy atom. The number of methoxy groups -OCH3 is 1. The predicted molar refractivity (Wildman–Crippen MR) is 72.9 cm³/mol. The van der Waals surface area contributed by atoms with Crippen molar-refractivity contribution in [1.82, 2.24) is 10.2 Å². The van der Waals surface area contributed by atoms with Gasteiger partial charge in [-0.05, 0) is 19.4 Å². The first-order valence-corrected chi connectivity index (χ1v) is 6.66. The van der Waals surface area contributed by atoms with Gasteiger partial charge in [-0.15, -0.1) is 0 Å². The predicted octanol–water partition coefficient (Wildman–Crippen LogP) is -0.350. The summed E-state index contributed by atoms with van der Waals surface area (Å²) in [5, 5.41) is 3.13. The van der Waals surface area contributed by atoms with E-state index >= 15 is 0 Å². The molecule has 6 heteroatoms. The molecule has 1 rings (SSSR count). The lowest BCUT2D eigenvalue weighted by molar-refractivity contribution is 0.0376. The minimum atomic E-state index is 0.535. The van der Waals surface area contributed by atoms with Gasteiger partial charge in [0, 0.05) is 39.9 Å². The fourth-order valence-electron chi connectivity index (χ4n) is 1.81. The van der Waals surface area contributed by atoms with Crippen LogP contribution in [0.15, 0.2) is 4.99 Å². The first-order chi connectivity index (χ1) is 8.83. The van der Waals surface area contributed by atoms with Gasteiger partial charge in [0.2, 0.25) is 0 Å². The summed E-state index contributed by atoms with van der Waals surface area (Å²) in [6, 6.07) is 0. The number of aliphatic imine (C=N–C) groups is 1. The molecular weight excluding hydrogens is 232 g/mol. The summed E-state index contributed by atoms with van der Waals surface area (Å²) in [6.07, 6.45) is 1.99. The highest BCUT2D eigenvalue weighted by Crippen LogP contribution is 1.97. The van der Waals surface area contributed by atoms with Crippen molar-refractivity contribution in [2.24, 2.45) is 10.7 Å². The van der Waals surface area contributed by atoms with Gasteiger partial charge in [-0.2, -0.15) is 0 Å². The first kappa shape index (κ1) is 15.2. The van der Waals surface area contributed by atoms with Crippen LogP contribution in [0, 0.1) is 0 Å². The third-order valence-electron chi connectivity index (χ3n) is 2.85. The first-order valence-electron chi connectivity index (χ1n) is 6.66. The lowest BCUT2D eigenvalue weighted by Gasteiger charge is -2.26. The summed E-state index contributed by atoms with van der Waals surface area (Å²) in [4.78, 5) is 6.63. The molecular formula is C12H26N4O2. The average molecular weight is 258 g/mol. The molecule has 3 N–H and O–H groups in total. The molecule has 0 spiro atoms. The Morgan fingerprint density at radius 3 is 2.89 bits per heavy atom. The third-order valence-corrected chi connectivity index (χ3v) is 2.85. The van der Waals surface area contributed by atoms with Gasteiger partial charge < -0.3 is 20.5 Å². The molecule has 0 unspecified atom stereocenters. The summed E-state index contributed by atoms with van der Waals surface area (Å²) in [5.41, 5.74) is 5.74. The SMILES string of the molecule is COCCCN=C(N)NCCCN1CCOCC1. The van der Waals surface area contributed by atoms with Crippen molar-refractivity contribution in [3.8, 4) is 0 Å². The number of ether oxygens (including phenoxy) is 2. The normalized spacial score (nSPS) is 17.9. The van der Waals surface area contributed by atoms with Crippen molar-refractivity contribution in [3.05, 3.63) is 0 Å². The Morgan fingerprint density at radius 2 is 2.17 bits per heavy atom. The van der Waals surface area contributed by atoms with Gasteiger partial charge in [0.05, 0.1) is 13.2 Å². The molecule has 0 aromatic heterocycles. The van der Waals surface area contributed by atoms with Crippen LogP contribution in [0.1, 0.15) is 12.8 Å². The van der Waals surface area contributed by atoms with E-state index < -0.39 is 0 Å². The Labute approximate surface area is 110 Å². The van der Waals surface area contributed by atoms with Crippen molar-refractivity contribution >= 4 is 5.96 Å². The standard InChI is InChI=1S/C12H26N4O2/c1-17-9-3-5-15-12(13)14-4-2-6-16-7-10-18-11-8-16/h2-11H2,1H3,(H3,13,14,15). The average Bonchev–Trinajstić information content (AvgIpc) is 2.41. The number of hydrogen-bond acceptors (Lipinski definition) is 4. The maximum Gasteiger partial charge on any atom is 0.188 e. The van der Waals surface area contributed by atoms with E-state index in [0.29, 0.717) is 5.96 Å². The summed E-state index contributed by atoms with van der Waals surface area (Å²) in [7, 11) is 1.69. The van der Waals surface area contributed by atoms with E-state index in [1.807, 2.05) is 0 Å². The highest BCUT2D eigenvalue weighted by atomic mass is 16.5. The Hall–Kier alpha value is -0.850. The number of hydrogen-bond donors (Lipinski definition) is 2. The fraction of sp³-hybridized carbons (Fsp3) is 0.917. The molecule has 106 valence electrons. The van der Waals surface area contributed by atoms with Crippen molar-refractivity contribution < 1.29 is 9.47 Å². The lowest BCUT2D eigenvalue weighted by Crippen LogP contribution is -2.39. The van der Waals surface area contributed by atoms with E-state index in [0.717, 1.165) is 65.4 Å². The number of morpholine rings is 1. The zero-order valence-corrected chi connectivity index (χ0v) is 11.4. The molecule has 1 heterocycles. The molecule has 0 saturated carbocycles. The van der Waals surface area contributed by atoms with Crippen molar-refractivity contribution in [3.63, 3.8) is 0 Å². The molecule has 6 nitrogen and oxygen atoms in total. The molecule has 0 radical (unpaired) electrons. The highest BCUT2D eigenvalue weighted by molar-refractivity contribution is 5.77. The van der Waals surface area contributed by atoms with Crippen LogP contribution in [0.3, 0.4) is 0 Å². The number of nitrogens with two attached hydrogens (primary N) is 1. The summed E-state index contributed by atoms with van der Waals surface area (Å²) in [5.74, 6) is 0.535. The van der Waals surface area contributed by atoms with Gasteiger partial charge in [0.15, 0.2) is 5.96 Å². The van der Waals surface area contributed by atoms with Gasteiger partial charge in [0.25, 0.3) is 0 Å². The quantitative estimate of drug-likeness (QED) is 0.354. The maximum atomic E-state index is 5.74. The van der Waals surface area contributed by atoms with Crippen molar-refractivity contribution in [1.29, 1.82) is 0 Å². The van der Waals surface area contributed by atoms with Crippen LogP contribution in [-0.2, 0) is 9.47 Å². The van der Waals surface area contributed by atoms with E-state index in [1.54, 1.807) is 7.11 Å². The third kappa shape index (κ3) is 7.47. The molecule has 1 aliphatic rings. The van der Waals surface area contributed by atoms with E-state index in [1.165, 1.54) is 0 Å². The molecule has 0 aromatic carbocycles. The summed E-state index contributed by atoms with van der Waals surface area (Å²) < 4.78 is 10.2. The number of rotatable bonds is 8. The largest absolute Gasteiger partial charge is 0.385 e. The van der Waals surface area contributed by atoms with Crippen molar-refractivity contribution in [2.75, 3.05) is 59.7 Å². The van der Waals surface area contributed by atoms with Gasteiger partial charge >= 0.3 is 0 Å². The van der Waals surface area contributed by atoms with Crippen LogP contribution in [-0.4, -0.2) is 70.5 Å². The number of guanidine groups is 1. The topological polar surface area (TPSA) is 72.1 Å². The minimum absolute atomic E-state index is 0.535. The summed E-state index contributed by atoms with van der Waals surface area (Å²) >= 11 is 0. The second-order valence-corrected chi connectivity index (χ2v) is 4.35. The Bertz CT molecular complexity index is 230. The number of nitrogens with one attached hydrogen (secondary N) is 1. The zero-order chi connectivity index (χ0) is 13.1. The maximum absolute atomic E-state index is 5.74. The van der Waals surface area contributed by atoms with Gasteiger partial charge in [0.1, 0.15) is 0 Å². The van der Waals surface area contributed by atoms with E-state index in [-0.39, 0.29) is 0 Å². The lowest BCUT2D eigenvalue weighted by atomic mass is 10.3. The summed E-state index contributed by atoms with van der Waals surface area (Å²) in [6.45, 7) is 7.21. The zero-order valence-electron chi connectivity index (χ0n) is 11.4. The van der Waals surface area contributed by atoms with Crippen LogP contribution >= 0.6 is 0 Å². The minimum Gasteiger partial charge on any atom is -0.385 e. The molecule has 0 atom stereocenters. The van der Waals surface area contributed by atoms with Gasteiger partial charge in [-0.25, -0.2) is 0 Å². The van der Waals surface area contributed by atoms with Crippen molar-refractivity contribution in [2.45, 2.75) is 12.8 Å². The van der Waals surface area contributed by atoms with Gasteiger partial charge in [-0.3, -0.25) is 9.89 Å². The molecule has 0 aromatic rings. The van der Waals surface area contributed by atoms with Crippen LogP contribution in [0.25, 0.3) is 0 Å². The smallest absolute Gasteiger partial charge is 0.188 e. The second kappa shape index (κ2) is 10.1. The molecule has 0 amide bonds. The molecule has 1 saturated heterocycles. The fourth-order valence-corrected chi connectivity index (χ4v) is 1.81. The second-order valence-electron chi connectivity index (χ2n) is 4.35. The van der Waals surface area contributed by atoms with E-state index in [4.69, 9.17) is 15.2 Å². The van der Waals surface area contributed by atoms with Crippen LogP contribution in [0.5, 0.6) is 0 Å². The molecule has 1 fully saturated rings.